The molecule has 69 heavy (non-hydrogen) atoms. The molecule has 0 fully saturated rings. The van der Waals surface area contributed by atoms with E-state index >= 15 is 0 Å². The highest BCUT2D eigenvalue weighted by atomic mass is 16.7. The van der Waals surface area contributed by atoms with Crippen LogP contribution in [0.4, 0.5) is 0 Å². The normalized spacial score (nSPS) is 13.8. The lowest BCUT2D eigenvalue weighted by Crippen LogP contribution is -2.44. The molecule has 0 aromatic heterocycles. The van der Waals surface area contributed by atoms with Crippen LogP contribution in [0.15, 0.2) is 122 Å². The minimum Gasteiger partial charge on any atom is -0.545 e. The van der Waals surface area contributed by atoms with Crippen molar-refractivity contribution < 1.29 is 42.9 Å². The molecule has 0 saturated heterocycles. The minimum absolute atomic E-state index is 0.133. The molecule has 0 N–H and O–H groups in total. The summed E-state index contributed by atoms with van der Waals surface area (Å²) >= 11 is 0. The smallest absolute Gasteiger partial charge is 0.306 e. The summed E-state index contributed by atoms with van der Waals surface area (Å²) in [4.78, 5) is 37.0. The average Bonchev–Trinajstić information content (AvgIpc) is 3.31. The number of carbonyl (C=O) groups excluding carboxylic acids is 3. The maximum Gasteiger partial charge on any atom is 0.306 e. The van der Waals surface area contributed by atoms with Crippen molar-refractivity contribution in [2.45, 2.75) is 193 Å². The third kappa shape index (κ3) is 51.4. The first-order chi connectivity index (χ1) is 33.6. The summed E-state index contributed by atoms with van der Waals surface area (Å²) in [6.07, 6.45) is 66.8. The van der Waals surface area contributed by atoms with E-state index < -0.39 is 24.3 Å². The molecule has 0 heterocycles. The first-order valence-corrected chi connectivity index (χ1v) is 26.7. The number of aliphatic carboxylic acids is 1. The second kappa shape index (κ2) is 50.1. The van der Waals surface area contributed by atoms with Crippen molar-refractivity contribution in [1.29, 1.82) is 0 Å². The van der Waals surface area contributed by atoms with Crippen LogP contribution in [0.3, 0.4) is 0 Å². The summed E-state index contributed by atoms with van der Waals surface area (Å²) in [6.45, 7) is 4.54. The van der Waals surface area contributed by atoms with Gasteiger partial charge in [-0.3, -0.25) is 9.59 Å². The molecule has 0 aliphatic carbocycles. The molecule has 0 radical (unpaired) electrons. The molecular weight excluding hydrogens is 863 g/mol. The van der Waals surface area contributed by atoms with E-state index in [4.69, 9.17) is 18.9 Å². The summed E-state index contributed by atoms with van der Waals surface area (Å²) in [5.74, 6) is -2.36. The molecule has 0 saturated carbocycles. The van der Waals surface area contributed by atoms with Crippen LogP contribution in [0.2, 0.25) is 0 Å². The first kappa shape index (κ1) is 64.7. The van der Waals surface area contributed by atoms with E-state index in [9.17, 15) is 19.5 Å². The van der Waals surface area contributed by atoms with E-state index in [2.05, 4.69) is 135 Å². The highest BCUT2D eigenvalue weighted by molar-refractivity contribution is 5.70. The number of hydrogen-bond donors (Lipinski definition) is 0. The fraction of sp³-hybridized carbons (Fsp3) is 0.617. The van der Waals surface area contributed by atoms with Crippen LogP contribution in [0.5, 0.6) is 0 Å². The Morgan fingerprint density at radius 1 is 0.449 bits per heavy atom. The van der Waals surface area contributed by atoms with Gasteiger partial charge in [0.05, 0.1) is 40.3 Å². The number of carboxylic acids is 1. The predicted molar refractivity (Wildman–Crippen MR) is 287 cm³/mol. The lowest BCUT2D eigenvalue weighted by molar-refractivity contribution is -0.870. The fourth-order valence-electron chi connectivity index (χ4n) is 6.62. The van der Waals surface area contributed by atoms with Crippen LogP contribution in [0.1, 0.15) is 181 Å². The predicted octanol–water partition coefficient (Wildman–Crippen LogP) is 14.0. The van der Waals surface area contributed by atoms with Gasteiger partial charge in [-0.15, -0.1) is 0 Å². The number of hydrogen-bond acceptors (Lipinski definition) is 8. The molecular formula is C60H97NO8. The zero-order valence-corrected chi connectivity index (χ0v) is 44.1. The van der Waals surface area contributed by atoms with E-state index in [0.717, 1.165) is 96.3 Å². The van der Waals surface area contributed by atoms with Crippen LogP contribution in [-0.2, 0) is 33.3 Å². The third-order valence-corrected chi connectivity index (χ3v) is 10.7. The van der Waals surface area contributed by atoms with Gasteiger partial charge in [-0.05, 0) is 89.9 Å². The number of nitrogens with zero attached hydrogens (tertiary/aromatic N) is 1. The Hall–Kier alpha value is -4.31. The molecule has 0 amide bonds. The van der Waals surface area contributed by atoms with Gasteiger partial charge in [0.25, 0.3) is 0 Å². The lowest BCUT2D eigenvalue weighted by atomic mass is 10.1. The second-order valence-corrected chi connectivity index (χ2v) is 18.4. The Balaban J connectivity index is 4.35. The SMILES string of the molecule is CC/C=C\C/C=C\C/C=C\C/C=C\C/C=C\C/C=C\C/C=C\C/C=C\C/C=C\C/C=C\CCCCC(=O)OC(COC(=O)CCCCCCCCCCCCC)COC(OCC[N+](C)(C)C)C(=O)[O-]. The van der Waals surface area contributed by atoms with Crippen LogP contribution in [0, 0.1) is 0 Å². The van der Waals surface area contributed by atoms with Gasteiger partial charge in [0, 0.05) is 12.8 Å². The zero-order chi connectivity index (χ0) is 50.6. The molecule has 2 atom stereocenters. The van der Waals surface area contributed by atoms with Gasteiger partial charge >= 0.3 is 11.9 Å². The van der Waals surface area contributed by atoms with Crippen LogP contribution < -0.4 is 5.11 Å². The maximum atomic E-state index is 12.8. The lowest BCUT2D eigenvalue weighted by Gasteiger charge is -2.26. The van der Waals surface area contributed by atoms with Gasteiger partial charge in [0.15, 0.2) is 12.4 Å². The van der Waals surface area contributed by atoms with Gasteiger partial charge in [-0.1, -0.05) is 200 Å². The molecule has 0 aromatic carbocycles. The van der Waals surface area contributed by atoms with E-state index in [1.165, 1.54) is 51.4 Å². The molecule has 0 aromatic rings. The van der Waals surface area contributed by atoms with E-state index in [0.29, 0.717) is 17.4 Å². The number of carboxylic acid groups (broad SMARTS) is 1. The van der Waals surface area contributed by atoms with Crippen molar-refractivity contribution in [3.8, 4) is 0 Å². The Labute approximate surface area is 421 Å². The van der Waals surface area contributed by atoms with E-state index in [1.807, 2.05) is 21.1 Å². The Morgan fingerprint density at radius 3 is 1.23 bits per heavy atom. The molecule has 390 valence electrons. The van der Waals surface area contributed by atoms with Gasteiger partial charge in [0.2, 0.25) is 0 Å². The standard InChI is InChI=1S/C60H97NO8/c1-6-8-10-12-14-16-18-19-20-21-22-23-24-25-26-27-28-29-30-31-32-33-34-35-36-37-38-39-41-43-45-47-49-51-58(63)69-56(55-68-60(59(64)65)66-53-52-61(3,4)5)54-67-57(62)50-48-46-44-42-40-17-15-13-11-9-7-2/h8,10,14,16,19-20,22-23,25-26,28-29,31-32,34-35,37-38,41,43,56,60H,6-7,9,11-13,15,17-18,21,24,27,30,33,36,39-40,42,44-55H2,1-5H3/b10-8-,16-14-,20-19-,23-22-,26-25-,29-28-,32-31-,35-34-,38-37-,43-41-. The number of quaternary nitrogens is 1. The number of rotatable bonds is 47. The third-order valence-electron chi connectivity index (χ3n) is 10.7. The average molecular weight is 960 g/mol. The number of ether oxygens (including phenoxy) is 4. The monoisotopic (exact) mass is 960 g/mol. The van der Waals surface area contributed by atoms with Crippen molar-refractivity contribution in [3.63, 3.8) is 0 Å². The van der Waals surface area contributed by atoms with Gasteiger partial charge < -0.3 is 33.3 Å². The van der Waals surface area contributed by atoms with Gasteiger partial charge in [-0.2, -0.15) is 0 Å². The van der Waals surface area contributed by atoms with Crippen molar-refractivity contribution >= 4 is 17.9 Å². The molecule has 2 unspecified atom stereocenters. The summed E-state index contributed by atoms with van der Waals surface area (Å²) in [5, 5.41) is 11.7. The molecule has 0 spiro atoms. The largest absolute Gasteiger partial charge is 0.545 e. The van der Waals surface area contributed by atoms with E-state index in [-0.39, 0.29) is 38.6 Å². The molecule has 9 heteroatoms. The van der Waals surface area contributed by atoms with Crippen LogP contribution in [-0.4, -0.2) is 82.3 Å². The first-order valence-electron chi connectivity index (χ1n) is 26.7. The van der Waals surface area contributed by atoms with Crippen molar-refractivity contribution in [2.24, 2.45) is 0 Å². The Bertz CT molecular complexity index is 1540. The topological polar surface area (TPSA) is 111 Å². The van der Waals surface area contributed by atoms with Gasteiger partial charge in [0.1, 0.15) is 13.2 Å². The second-order valence-electron chi connectivity index (χ2n) is 18.4. The highest BCUT2D eigenvalue weighted by Crippen LogP contribution is 2.13. The number of allylic oxidation sites excluding steroid dienone is 20. The Morgan fingerprint density at radius 2 is 0.826 bits per heavy atom. The van der Waals surface area contributed by atoms with Crippen molar-refractivity contribution in [2.75, 3.05) is 47.5 Å². The zero-order valence-electron chi connectivity index (χ0n) is 44.1. The molecule has 0 aliphatic heterocycles. The van der Waals surface area contributed by atoms with Crippen LogP contribution in [0.25, 0.3) is 0 Å². The van der Waals surface area contributed by atoms with Gasteiger partial charge in [-0.25, -0.2) is 0 Å². The van der Waals surface area contributed by atoms with Crippen molar-refractivity contribution in [3.05, 3.63) is 122 Å². The Kier molecular flexibility index (Phi) is 47.0. The summed E-state index contributed by atoms with van der Waals surface area (Å²) < 4.78 is 22.5. The van der Waals surface area contributed by atoms with Crippen LogP contribution >= 0.6 is 0 Å². The molecule has 0 aliphatic rings. The van der Waals surface area contributed by atoms with Crippen molar-refractivity contribution in [1.82, 2.24) is 0 Å². The molecule has 0 bridgehead atoms. The minimum atomic E-state index is -1.64. The summed E-state index contributed by atoms with van der Waals surface area (Å²) in [7, 11) is 5.89. The molecule has 9 nitrogen and oxygen atoms in total. The quantitative estimate of drug-likeness (QED) is 0.0195. The molecule has 0 rings (SSSR count). The fourth-order valence-corrected chi connectivity index (χ4v) is 6.62. The maximum absolute atomic E-state index is 12.8. The highest BCUT2D eigenvalue weighted by Gasteiger charge is 2.21. The number of esters is 2. The summed E-state index contributed by atoms with van der Waals surface area (Å²) in [6, 6.07) is 0. The van der Waals surface area contributed by atoms with E-state index in [1.54, 1.807) is 0 Å². The number of carbonyl (C=O) groups is 3. The number of unbranched alkanes of at least 4 members (excludes halogenated alkanes) is 12. The number of likely N-dealkylation sites (N-methyl/N-ethyl adjacent to an activating group) is 1. The summed E-state index contributed by atoms with van der Waals surface area (Å²) in [5.41, 5.74) is 0.